The molecule has 0 radical (unpaired) electrons. The van der Waals surface area contributed by atoms with Crippen LogP contribution in [-0.2, 0) is 20.1 Å². The second kappa shape index (κ2) is 6.72. The van der Waals surface area contributed by atoms with Gasteiger partial charge in [-0.15, -0.1) is 0 Å². The number of fused-ring (bicyclic) bond motifs is 1. The standard InChI is InChI=1S/C18H15FN6O3/c1-23-16-10-24(9-12(16)8-20-23)18(26)22-17-15(25(27)28)7-6-14(21-17)11-2-4-13(19)5-3-11/h2-8H,9-10H2,1H3,(H,21,22,26). The number of nitro groups is 1. The Morgan fingerprint density at radius 1 is 1.21 bits per heavy atom. The summed E-state index contributed by atoms with van der Waals surface area (Å²) in [6.45, 7) is 0.712. The fourth-order valence-electron chi connectivity index (χ4n) is 3.08. The van der Waals surface area contributed by atoms with Crippen LogP contribution in [0.5, 0.6) is 0 Å². The molecule has 0 atom stereocenters. The maximum Gasteiger partial charge on any atom is 0.323 e. The molecule has 1 N–H and O–H groups in total. The van der Waals surface area contributed by atoms with Gasteiger partial charge in [-0.25, -0.2) is 14.2 Å². The zero-order valence-electron chi connectivity index (χ0n) is 14.8. The molecule has 142 valence electrons. The van der Waals surface area contributed by atoms with Crippen LogP contribution in [0, 0.1) is 15.9 Å². The summed E-state index contributed by atoms with van der Waals surface area (Å²) >= 11 is 0. The lowest BCUT2D eigenvalue weighted by Gasteiger charge is -2.16. The van der Waals surface area contributed by atoms with Gasteiger partial charge >= 0.3 is 11.7 Å². The van der Waals surface area contributed by atoms with Crippen molar-refractivity contribution in [1.82, 2.24) is 19.7 Å². The molecule has 1 aromatic carbocycles. The predicted octanol–water partition coefficient (Wildman–Crippen LogP) is 3.08. The minimum Gasteiger partial charge on any atom is -0.314 e. The van der Waals surface area contributed by atoms with E-state index >= 15 is 0 Å². The van der Waals surface area contributed by atoms with Crippen molar-refractivity contribution in [1.29, 1.82) is 0 Å². The normalized spacial score (nSPS) is 12.7. The zero-order chi connectivity index (χ0) is 19.8. The number of hydrogen-bond acceptors (Lipinski definition) is 5. The monoisotopic (exact) mass is 382 g/mol. The highest BCUT2D eigenvalue weighted by atomic mass is 19.1. The fraction of sp³-hybridized carbons (Fsp3) is 0.167. The number of aryl methyl sites for hydroxylation is 1. The average molecular weight is 382 g/mol. The van der Waals surface area contributed by atoms with Crippen LogP contribution in [0.3, 0.4) is 0 Å². The Labute approximate surface area is 158 Å². The summed E-state index contributed by atoms with van der Waals surface area (Å²) in [6, 6.07) is 7.79. The molecule has 2 amide bonds. The number of pyridine rings is 1. The molecule has 0 bridgehead atoms. The van der Waals surface area contributed by atoms with Gasteiger partial charge in [-0.2, -0.15) is 5.10 Å². The molecule has 2 aromatic heterocycles. The minimum atomic E-state index is -0.611. The molecule has 1 aliphatic heterocycles. The Morgan fingerprint density at radius 2 is 1.96 bits per heavy atom. The van der Waals surface area contributed by atoms with E-state index in [1.165, 1.54) is 41.3 Å². The van der Waals surface area contributed by atoms with E-state index in [-0.39, 0.29) is 11.5 Å². The number of aromatic nitrogens is 3. The second-order valence-electron chi connectivity index (χ2n) is 6.35. The number of benzene rings is 1. The molecule has 10 heteroatoms. The summed E-state index contributed by atoms with van der Waals surface area (Å²) in [5.74, 6) is -0.562. The predicted molar refractivity (Wildman–Crippen MR) is 97.8 cm³/mol. The largest absolute Gasteiger partial charge is 0.323 e. The van der Waals surface area contributed by atoms with E-state index in [0.717, 1.165) is 11.3 Å². The van der Waals surface area contributed by atoms with Crippen LogP contribution in [0.1, 0.15) is 11.3 Å². The number of halogens is 1. The second-order valence-corrected chi connectivity index (χ2v) is 6.35. The van der Waals surface area contributed by atoms with Crippen molar-refractivity contribution in [2.75, 3.05) is 5.32 Å². The van der Waals surface area contributed by atoms with Gasteiger partial charge in [-0.1, -0.05) is 0 Å². The first kappa shape index (κ1) is 17.6. The molecule has 0 saturated heterocycles. The van der Waals surface area contributed by atoms with E-state index in [0.29, 0.717) is 24.3 Å². The lowest BCUT2D eigenvalue weighted by atomic mass is 10.1. The summed E-state index contributed by atoms with van der Waals surface area (Å²) in [5, 5.41) is 18.0. The van der Waals surface area contributed by atoms with Gasteiger partial charge in [-0.3, -0.25) is 20.1 Å². The third kappa shape index (κ3) is 3.15. The van der Waals surface area contributed by atoms with Crippen LogP contribution >= 0.6 is 0 Å². The number of anilines is 1. The van der Waals surface area contributed by atoms with E-state index in [1.54, 1.807) is 17.9 Å². The van der Waals surface area contributed by atoms with Crippen LogP contribution in [0.15, 0.2) is 42.6 Å². The molecular weight excluding hydrogens is 367 g/mol. The van der Waals surface area contributed by atoms with E-state index in [1.807, 2.05) is 0 Å². The maximum absolute atomic E-state index is 13.1. The molecule has 0 spiro atoms. The van der Waals surface area contributed by atoms with Gasteiger partial charge in [0.15, 0.2) is 0 Å². The number of nitrogens with zero attached hydrogens (tertiary/aromatic N) is 5. The van der Waals surface area contributed by atoms with Crippen molar-refractivity contribution in [3.8, 4) is 11.3 Å². The molecule has 4 rings (SSSR count). The van der Waals surface area contributed by atoms with Gasteiger partial charge in [0.1, 0.15) is 5.82 Å². The molecule has 28 heavy (non-hydrogen) atoms. The van der Waals surface area contributed by atoms with E-state index in [9.17, 15) is 19.3 Å². The van der Waals surface area contributed by atoms with Gasteiger partial charge in [0.25, 0.3) is 0 Å². The molecular formula is C18H15FN6O3. The number of carbonyl (C=O) groups is 1. The van der Waals surface area contributed by atoms with Crippen molar-refractivity contribution in [2.24, 2.45) is 7.05 Å². The summed E-state index contributed by atoms with van der Waals surface area (Å²) in [4.78, 5) is 29.1. The van der Waals surface area contributed by atoms with Crippen molar-refractivity contribution < 1.29 is 14.1 Å². The van der Waals surface area contributed by atoms with Crippen molar-refractivity contribution in [2.45, 2.75) is 13.1 Å². The first-order chi connectivity index (χ1) is 13.4. The summed E-state index contributed by atoms with van der Waals surface area (Å²) in [6.07, 6.45) is 1.69. The maximum atomic E-state index is 13.1. The van der Waals surface area contributed by atoms with Gasteiger partial charge < -0.3 is 4.90 Å². The fourth-order valence-corrected chi connectivity index (χ4v) is 3.08. The van der Waals surface area contributed by atoms with Gasteiger partial charge in [0.2, 0.25) is 5.82 Å². The van der Waals surface area contributed by atoms with E-state index in [4.69, 9.17) is 0 Å². The lowest BCUT2D eigenvalue weighted by Crippen LogP contribution is -2.31. The molecule has 0 unspecified atom stereocenters. The topological polar surface area (TPSA) is 106 Å². The third-order valence-corrected chi connectivity index (χ3v) is 4.57. The zero-order valence-corrected chi connectivity index (χ0v) is 14.8. The first-order valence-electron chi connectivity index (χ1n) is 8.39. The first-order valence-corrected chi connectivity index (χ1v) is 8.39. The van der Waals surface area contributed by atoms with E-state index < -0.39 is 16.8 Å². The number of hydrogen-bond donors (Lipinski definition) is 1. The van der Waals surface area contributed by atoms with Crippen molar-refractivity contribution in [3.05, 3.63) is 69.8 Å². The summed E-state index contributed by atoms with van der Waals surface area (Å²) in [5.41, 5.74) is 2.48. The van der Waals surface area contributed by atoms with Gasteiger partial charge in [0, 0.05) is 24.2 Å². The molecule has 1 aliphatic rings. The quantitative estimate of drug-likeness (QED) is 0.553. The number of nitrogens with one attached hydrogen (secondary N) is 1. The van der Waals surface area contributed by atoms with Crippen molar-refractivity contribution in [3.63, 3.8) is 0 Å². The van der Waals surface area contributed by atoms with Gasteiger partial charge in [0.05, 0.1) is 35.6 Å². The number of carbonyl (C=O) groups excluding carboxylic acids is 1. The molecule has 0 saturated carbocycles. The molecule has 3 heterocycles. The Bertz CT molecular complexity index is 1080. The summed E-state index contributed by atoms with van der Waals surface area (Å²) < 4.78 is 14.8. The number of amides is 2. The number of urea groups is 1. The number of rotatable bonds is 3. The molecule has 9 nitrogen and oxygen atoms in total. The van der Waals surface area contributed by atoms with Crippen LogP contribution in [-0.4, -0.2) is 30.6 Å². The molecule has 0 aliphatic carbocycles. The Hall–Kier alpha value is -3.82. The lowest BCUT2D eigenvalue weighted by molar-refractivity contribution is -0.384. The molecule has 0 fully saturated rings. The van der Waals surface area contributed by atoms with Crippen LogP contribution in [0.2, 0.25) is 0 Å². The highest BCUT2D eigenvalue weighted by Gasteiger charge is 2.28. The highest BCUT2D eigenvalue weighted by Crippen LogP contribution is 2.28. The molecule has 3 aromatic rings. The minimum absolute atomic E-state index is 0.161. The average Bonchev–Trinajstić information content (AvgIpc) is 3.24. The van der Waals surface area contributed by atoms with Crippen molar-refractivity contribution >= 4 is 17.5 Å². The van der Waals surface area contributed by atoms with Gasteiger partial charge in [-0.05, 0) is 30.3 Å². The van der Waals surface area contributed by atoms with Crippen LogP contribution < -0.4 is 5.32 Å². The summed E-state index contributed by atoms with van der Waals surface area (Å²) in [7, 11) is 1.79. The van der Waals surface area contributed by atoms with Crippen LogP contribution in [0.25, 0.3) is 11.3 Å². The Morgan fingerprint density at radius 3 is 2.64 bits per heavy atom. The highest BCUT2D eigenvalue weighted by molar-refractivity contribution is 5.91. The van der Waals surface area contributed by atoms with E-state index in [2.05, 4.69) is 15.4 Å². The Balaban J connectivity index is 1.60. The van der Waals surface area contributed by atoms with Crippen LogP contribution in [0.4, 0.5) is 20.7 Å². The SMILES string of the molecule is Cn1ncc2c1CN(C(=O)Nc1nc(-c3ccc(F)cc3)ccc1[N+](=O)[O-])C2. The Kier molecular flexibility index (Phi) is 4.22. The smallest absolute Gasteiger partial charge is 0.314 e. The third-order valence-electron chi connectivity index (χ3n) is 4.57.